The summed E-state index contributed by atoms with van der Waals surface area (Å²) in [4.78, 5) is 11.6. The molecule has 0 radical (unpaired) electrons. The second-order valence-electron chi connectivity index (χ2n) is 2.15. The summed E-state index contributed by atoms with van der Waals surface area (Å²) in [6.07, 6.45) is -0.896. The van der Waals surface area contributed by atoms with E-state index in [-0.39, 0.29) is 5.50 Å². The number of alkyl halides is 1. The SMILES string of the molecule is O=C(O)N1CCNC(Cl)C1. The first kappa shape index (κ1) is 7.63. The van der Waals surface area contributed by atoms with Crippen molar-refractivity contribution in [3.63, 3.8) is 0 Å². The Morgan fingerprint density at radius 3 is 2.90 bits per heavy atom. The third-order valence-corrected chi connectivity index (χ3v) is 1.69. The molecule has 1 amide bonds. The molecule has 1 heterocycles. The summed E-state index contributed by atoms with van der Waals surface area (Å²) in [7, 11) is 0. The van der Waals surface area contributed by atoms with Crippen molar-refractivity contribution in [1.82, 2.24) is 10.2 Å². The van der Waals surface area contributed by atoms with Gasteiger partial charge in [-0.2, -0.15) is 0 Å². The first-order valence-electron chi connectivity index (χ1n) is 3.05. The molecule has 58 valence electrons. The molecule has 0 aromatic rings. The van der Waals surface area contributed by atoms with E-state index < -0.39 is 6.09 Å². The first-order valence-corrected chi connectivity index (χ1v) is 3.49. The van der Waals surface area contributed by atoms with Gasteiger partial charge in [-0.05, 0) is 0 Å². The summed E-state index contributed by atoms with van der Waals surface area (Å²) < 4.78 is 0. The zero-order chi connectivity index (χ0) is 7.56. The van der Waals surface area contributed by atoms with Crippen LogP contribution >= 0.6 is 11.6 Å². The van der Waals surface area contributed by atoms with Crippen LogP contribution in [0.5, 0.6) is 0 Å². The average molecular weight is 165 g/mol. The molecule has 1 saturated heterocycles. The lowest BCUT2D eigenvalue weighted by Crippen LogP contribution is -2.49. The van der Waals surface area contributed by atoms with Crippen molar-refractivity contribution in [3.8, 4) is 0 Å². The maximum Gasteiger partial charge on any atom is 0.407 e. The van der Waals surface area contributed by atoms with Gasteiger partial charge in [-0.3, -0.25) is 5.32 Å². The Labute approximate surface area is 63.8 Å². The van der Waals surface area contributed by atoms with Gasteiger partial charge in [0.25, 0.3) is 0 Å². The zero-order valence-corrected chi connectivity index (χ0v) is 6.14. The number of hydrogen-bond acceptors (Lipinski definition) is 2. The van der Waals surface area contributed by atoms with E-state index in [4.69, 9.17) is 16.7 Å². The van der Waals surface area contributed by atoms with Crippen molar-refractivity contribution in [3.05, 3.63) is 0 Å². The lowest BCUT2D eigenvalue weighted by Gasteiger charge is -2.27. The molecule has 1 atom stereocenters. The molecule has 4 nitrogen and oxygen atoms in total. The lowest BCUT2D eigenvalue weighted by atomic mass is 10.4. The number of carboxylic acid groups (broad SMARTS) is 1. The minimum atomic E-state index is -0.896. The van der Waals surface area contributed by atoms with Gasteiger partial charge in [-0.25, -0.2) is 4.79 Å². The Morgan fingerprint density at radius 1 is 1.80 bits per heavy atom. The maximum atomic E-state index is 10.3. The van der Waals surface area contributed by atoms with Crippen molar-refractivity contribution < 1.29 is 9.90 Å². The van der Waals surface area contributed by atoms with Crippen LogP contribution < -0.4 is 5.32 Å². The van der Waals surface area contributed by atoms with Gasteiger partial charge in [0.05, 0.1) is 6.54 Å². The number of rotatable bonds is 0. The summed E-state index contributed by atoms with van der Waals surface area (Å²) in [5.74, 6) is 0. The molecule has 10 heavy (non-hydrogen) atoms. The van der Waals surface area contributed by atoms with Gasteiger partial charge in [0.2, 0.25) is 0 Å². The van der Waals surface area contributed by atoms with Crippen LogP contribution in [0.25, 0.3) is 0 Å². The molecule has 0 aromatic heterocycles. The molecule has 1 fully saturated rings. The van der Waals surface area contributed by atoms with Crippen LogP contribution in [-0.4, -0.2) is 41.2 Å². The third kappa shape index (κ3) is 1.75. The summed E-state index contributed by atoms with van der Waals surface area (Å²) in [6.45, 7) is 1.54. The van der Waals surface area contributed by atoms with E-state index in [1.54, 1.807) is 0 Å². The van der Waals surface area contributed by atoms with Gasteiger partial charge in [0.1, 0.15) is 5.50 Å². The van der Waals surface area contributed by atoms with E-state index in [0.29, 0.717) is 19.6 Å². The van der Waals surface area contributed by atoms with Crippen molar-refractivity contribution in [1.29, 1.82) is 0 Å². The van der Waals surface area contributed by atoms with E-state index in [1.807, 2.05) is 0 Å². The summed E-state index contributed by atoms with van der Waals surface area (Å²) in [6, 6.07) is 0. The predicted molar refractivity (Wildman–Crippen MR) is 37.2 cm³/mol. The van der Waals surface area contributed by atoms with Gasteiger partial charge in [-0.15, -0.1) is 11.6 Å². The van der Waals surface area contributed by atoms with E-state index in [1.165, 1.54) is 4.90 Å². The van der Waals surface area contributed by atoms with Crippen LogP contribution in [0.2, 0.25) is 0 Å². The number of halogens is 1. The minimum absolute atomic E-state index is 0.232. The van der Waals surface area contributed by atoms with Crippen molar-refractivity contribution in [2.45, 2.75) is 5.50 Å². The van der Waals surface area contributed by atoms with Gasteiger partial charge in [0.15, 0.2) is 0 Å². The molecular formula is C5H9ClN2O2. The molecule has 1 unspecified atom stereocenters. The smallest absolute Gasteiger partial charge is 0.407 e. The molecule has 1 rings (SSSR count). The van der Waals surface area contributed by atoms with Crippen LogP contribution in [0.3, 0.4) is 0 Å². The molecule has 1 aliphatic heterocycles. The maximum absolute atomic E-state index is 10.3. The number of carbonyl (C=O) groups is 1. The van der Waals surface area contributed by atoms with Gasteiger partial charge in [0, 0.05) is 13.1 Å². The Balaban J connectivity index is 2.39. The van der Waals surface area contributed by atoms with Crippen LogP contribution in [-0.2, 0) is 0 Å². The van der Waals surface area contributed by atoms with Crippen LogP contribution in [0.1, 0.15) is 0 Å². The third-order valence-electron chi connectivity index (χ3n) is 1.40. The largest absolute Gasteiger partial charge is 0.465 e. The highest BCUT2D eigenvalue weighted by Gasteiger charge is 2.20. The van der Waals surface area contributed by atoms with Crippen LogP contribution in [0.15, 0.2) is 0 Å². The second kappa shape index (κ2) is 3.07. The highest BCUT2D eigenvalue weighted by atomic mass is 35.5. The number of piperazine rings is 1. The molecule has 0 spiro atoms. The Hall–Kier alpha value is -0.480. The minimum Gasteiger partial charge on any atom is -0.465 e. The topological polar surface area (TPSA) is 52.6 Å². The van der Waals surface area contributed by atoms with Crippen LogP contribution in [0, 0.1) is 0 Å². The highest BCUT2D eigenvalue weighted by molar-refractivity contribution is 6.20. The van der Waals surface area contributed by atoms with Crippen LogP contribution in [0.4, 0.5) is 4.79 Å². The zero-order valence-electron chi connectivity index (χ0n) is 5.38. The average Bonchev–Trinajstić information content (AvgIpc) is 1.88. The second-order valence-corrected chi connectivity index (χ2v) is 2.68. The predicted octanol–water partition coefficient (Wildman–Crippen LogP) is 0.134. The Bertz CT molecular complexity index is 142. The molecule has 0 saturated carbocycles. The first-order chi connectivity index (χ1) is 4.70. The summed E-state index contributed by atoms with van der Waals surface area (Å²) >= 11 is 5.64. The fourth-order valence-electron chi connectivity index (χ4n) is 0.879. The van der Waals surface area contributed by atoms with Gasteiger partial charge < -0.3 is 10.0 Å². The molecule has 2 N–H and O–H groups in total. The van der Waals surface area contributed by atoms with E-state index >= 15 is 0 Å². The van der Waals surface area contributed by atoms with Crippen molar-refractivity contribution in [2.24, 2.45) is 0 Å². The highest BCUT2D eigenvalue weighted by Crippen LogP contribution is 2.01. The molecule has 0 aromatic carbocycles. The van der Waals surface area contributed by atoms with E-state index in [2.05, 4.69) is 5.32 Å². The van der Waals surface area contributed by atoms with Gasteiger partial charge in [-0.1, -0.05) is 0 Å². The Kier molecular flexibility index (Phi) is 2.34. The summed E-state index contributed by atoms with van der Waals surface area (Å²) in [5, 5.41) is 11.4. The molecule has 1 aliphatic rings. The molecule has 0 bridgehead atoms. The molecular weight excluding hydrogens is 156 g/mol. The van der Waals surface area contributed by atoms with Crippen molar-refractivity contribution in [2.75, 3.05) is 19.6 Å². The van der Waals surface area contributed by atoms with Gasteiger partial charge >= 0.3 is 6.09 Å². The van der Waals surface area contributed by atoms with Crippen molar-refractivity contribution >= 4 is 17.7 Å². The normalized spacial score (nSPS) is 26.5. The fourth-order valence-corrected chi connectivity index (χ4v) is 1.15. The molecule has 0 aliphatic carbocycles. The van der Waals surface area contributed by atoms with E-state index in [0.717, 1.165) is 0 Å². The number of nitrogens with zero attached hydrogens (tertiary/aromatic N) is 1. The van der Waals surface area contributed by atoms with E-state index in [9.17, 15) is 4.79 Å². The Morgan fingerprint density at radius 2 is 2.50 bits per heavy atom. The molecule has 5 heteroatoms. The summed E-state index contributed by atoms with van der Waals surface area (Å²) in [5.41, 5.74) is -0.232. The number of nitrogens with one attached hydrogen (secondary N) is 1. The number of hydrogen-bond donors (Lipinski definition) is 2. The standard InChI is InChI=1S/C5H9ClN2O2/c6-4-3-8(5(9)10)2-1-7-4/h4,7H,1-3H2,(H,9,10). The number of amides is 1. The quantitative estimate of drug-likeness (QED) is 0.396. The lowest BCUT2D eigenvalue weighted by molar-refractivity contribution is 0.136. The fraction of sp³-hybridized carbons (Fsp3) is 0.800. The monoisotopic (exact) mass is 164 g/mol.